The van der Waals surface area contributed by atoms with E-state index >= 15 is 0 Å². The summed E-state index contributed by atoms with van der Waals surface area (Å²) in [5.41, 5.74) is 38.4. The number of rotatable bonds is 39. The minimum atomic E-state index is -1.17. The standard InChI is InChI=1S/C13H20N2O4.3C13H18N2O3.C13H20N2O.C9H14N2O.C4H9NO2.3C4H11N.C4H6O3.C3H7B.H2O/c1-3-9-6-14-8(2)13(19)10(9)7-15-11(16)4-5-12(17)18;3*1-3-10-7-15-9(2)13(18)11(10)8-14-6-4-5-12(16)17;1-5-11-7-15-10(4)13(16)12(11)8-14-6-9(2)3;1-3-7-5-11-6(2)9(12)8(7)4-10;5-3-1-2-4(6)7;3*1-4(2)3-5;5-3-1-2-4(6)7;1-3(2)4;/h6,11,15-16,19H,3-5,7H2,1-2H3,(H,17,18);7-8,18H,3-6H2,1-2H3,(H,16,17);6-7,18H,3-5,8H2,1-2H3,(H,16,17);6-8,15,18H,3-5H2,1-2H3,(H,16,17);7-9,16H,5-6H2,1-4H3;5,12H,3-4,10H2,1-2H3;1-3,5H2,(H,6,7);3*4H,3,5H2,1-2H3;3H,1-2H2,(H,6,7);3H,1-2H3;1H2/p+7/b;;;11-8-,14-6?;;;;;;;;;. The Bertz CT molecular complexity index is 4360. The van der Waals surface area contributed by atoms with E-state index in [1.165, 1.54) is 0 Å². The van der Waals surface area contributed by atoms with Gasteiger partial charge >= 0.3 is 5.97 Å². The van der Waals surface area contributed by atoms with Crippen molar-refractivity contribution in [3.63, 3.8) is 0 Å². The third kappa shape index (κ3) is 70.9. The van der Waals surface area contributed by atoms with Gasteiger partial charge in [-0.15, -0.1) is 0 Å². The molecule has 1 unspecified atom stereocenters. The number of pyridine rings is 5. The number of hydrogen-bond donors (Lipinski definition) is 19. The van der Waals surface area contributed by atoms with Gasteiger partial charge in [0.25, 0.3) is 0 Å². The Hall–Kier alpha value is -11.4. The van der Waals surface area contributed by atoms with E-state index in [1.807, 2.05) is 118 Å². The van der Waals surface area contributed by atoms with Crippen LogP contribution in [0.5, 0.6) is 28.7 Å². The Balaban J connectivity index is -0.000000273. The van der Waals surface area contributed by atoms with E-state index in [0.717, 1.165) is 154 Å². The van der Waals surface area contributed by atoms with Gasteiger partial charge in [-0.25, -0.2) is 39.9 Å². The fourth-order valence-electron chi connectivity index (χ4n) is 10.1. The van der Waals surface area contributed by atoms with Crippen LogP contribution in [-0.4, -0.2) is 172 Å². The molecule has 37 nitrogen and oxygen atoms in total. The molecular weight excluding hydrogens is 1740 g/mol. The van der Waals surface area contributed by atoms with Gasteiger partial charge in [0, 0.05) is 161 Å². The molecule has 0 spiro atoms. The highest BCUT2D eigenvalue weighted by Gasteiger charge is 2.23. The Kier molecular flexibility index (Phi) is 85.5. The van der Waals surface area contributed by atoms with Crippen molar-refractivity contribution < 1.29 is 167 Å². The van der Waals surface area contributed by atoms with E-state index in [9.17, 15) is 94.8 Å². The fraction of sp³-hybridized carbons (Fsp3) is 0.567. The number of carboxylic acid groups (broad SMARTS) is 6. The molecule has 1 aliphatic rings. The lowest BCUT2D eigenvalue weighted by Gasteiger charge is -2.12. The van der Waals surface area contributed by atoms with E-state index in [1.54, 1.807) is 50.9 Å². The van der Waals surface area contributed by atoms with Crippen molar-refractivity contribution in [1.82, 2.24) is 4.98 Å². The summed E-state index contributed by atoms with van der Waals surface area (Å²) in [6, 6.07) is 0. The number of nitrogens with one attached hydrogen (secondary N) is 8. The molecule has 5 aromatic rings. The minimum absolute atomic E-state index is 0. The summed E-state index contributed by atoms with van der Waals surface area (Å²) in [6.07, 6.45) is 26.8. The SMILES string of the molecule is CC(C)CN.CC(C)CN.CC(C)C[NH3+].CCC1=C[NH2+]C(C)=C(O)/C1=C\[NH+]=CCCC(=O)[O-].CCc1c[nH+]c(C)c(O)c1C=[NH+]CCCC(=O)[O-].CCc1c[nH+]c(C)c(O)c1CN.CCc1c[nH+]c(C)c(O)c1C[NH+]=CCCC(=O)[O-].CCc1c[nH+]c(C)c(O)c1C[NH2+]C(O)CCC(=O)[O-].CCc1cnc(C)c(O)c1C=[NH+]CC(C)C.O.O=CCCC(=O)O.[B]C(C)C.[NH3+]CCCC(=O)[O-]. The topological polar surface area (TPSA) is 720 Å². The second-order valence-electron chi connectivity index (χ2n) is 32.7. The Labute approximate surface area is 801 Å². The highest BCUT2D eigenvalue weighted by molar-refractivity contribution is 6.10. The molecule has 6 rings (SSSR count). The number of carboxylic acids is 6. The first-order valence-electron chi connectivity index (χ1n) is 46.1. The number of quaternary nitrogens is 4. The molecule has 0 saturated heterocycles. The second kappa shape index (κ2) is 84.4. The normalized spacial score (nSPS) is 11.6. The summed E-state index contributed by atoms with van der Waals surface area (Å²) in [6.45, 7) is 49.9. The molecule has 34 N–H and O–H groups in total. The van der Waals surface area contributed by atoms with E-state index < -0.39 is 42.0 Å². The summed E-state index contributed by atoms with van der Waals surface area (Å²) >= 11 is 0. The number of aliphatic hydroxyl groups excluding tert-OH is 2. The highest BCUT2D eigenvalue weighted by Crippen LogP contribution is 2.26. The molecule has 0 aromatic carbocycles. The molecule has 0 amide bonds. The van der Waals surface area contributed by atoms with Crippen LogP contribution < -0.4 is 105 Å². The number of aliphatic carboxylic acids is 6. The largest absolute Gasteiger partial charge is 0.550 e. The molecule has 135 heavy (non-hydrogen) atoms. The van der Waals surface area contributed by atoms with E-state index in [-0.39, 0.29) is 85.6 Å². The Morgan fingerprint density at radius 3 is 1.33 bits per heavy atom. The molecule has 2 radical (unpaired) electrons. The summed E-state index contributed by atoms with van der Waals surface area (Å²) in [4.78, 5) is 97.9. The predicted molar refractivity (Wildman–Crippen MR) is 510 cm³/mol. The van der Waals surface area contributed by atoms with Gasteiger partial charge in [-0.2, -0.15) is 0 Å². The van der Waals surface area contributed by atoms with Crippen molar-refractivity contribution in [2.45, 2.75) is 300 Å². The van der Waals surface area contributed by atoms with Gasteiger partial charge in [0.05, 0.1) is 60.9 Å². The van der Waals surface area contributed by atoms with Crippen molar-refractivity contribution in [1.29, 1.82) is 0 Å². The average molecular weight is 1910 g/mol. The maximum Gasteiger partial charge on any atom is 0.303 e. The zero-order valence-electron chi connectivity index (χ0n) is 84.8. The Morgan fingerprint density at radius 2 is 0.941 bits per heavy atom. The lowest BCUT2D eigenvalue weighted by Crippen LogP contribution is -2.88. The van der Waals surface area contributed by atoms with Crippen molar-refractivity contribution in [2.75, 3.05) is 39.3 Å². The number of aldehydes is 1. The van der Waals surface area contributed by atoms with Crippen LogP contribution in [0.25, 0.3) is 0 Å². The molecule has 0 fully saturated rings. The number of hydrogen-bond acceptors (Lipinski definition) is 23. The zero-order chi connectivity index (χ0) is 104. The number of carbonyl (C=O) groups is 7. The molecule has 0 saturated carbocycles. The van der Waals surface area contributed by atoms with Crippen LogP contribution in [0.1, 0.15) is 285 Å². The number of carbonyl (C=O) groups excluding carboxylic acids is 6. The van der Waals surface area contributed by atoms with Gasteiger partial charge in [-0.3, -0.25) is 15.1 Å². The molecule has 5 aromatic heterocycles. The number of aryl methyl sites for hydroxylation is 10. The van der Waals surface area contributed by atoms with Crippen molar-refractivity contribution in [3.8, 4) is 28.7 Å². The first kappa shape index (κ1) is 137. The summed E-state index contributed by atoms with van der Waals surface area (Å²) in [5.74, 6) is -1.70. The molecule has 0 aliphatic carbocycles. The lowest BCUT2D eigenvalue weighted by atomic mass is 9.93. The predicted octanol–water partition coefficient (Wildman–Crippen LogP) is -7.03. The molecule has 762 valence electrons. The molecule has 1 aliphatic heterocycles. The van der Waals surface area contributed by atoms with Crippen molar-refractivity contribution in [2.24, 2.45) is 40.9 Å². The molecule has 38 heteroatoms. The van der Waals surface area contributed by atoms with E-state index in [4.69, 9.17) is 30.2 Å². The summed E-state index contributed by atoms with van der Waals surface area (Å²) in [7, 11) is 5.11. The minimum Gasteiger partial charge on any atom is -0.550 e. The number of H-pyrrole nitrogens is 4. The molecule has 0 bridgehead atoms. The average Bonchev–Trinajstić information content (AvgIpc) is 0.855. The van der Waals surface area contributed by atoms with Crippen LogP contribution in [0.2, 0.25) is 5.82 Å². The number of aromatic amines is 4. The summed E-state index contributed by atoms with van der Waals surface area (Å²) in [5, 5.41) is 131. The molecule has 6 heterocycles. The fourth-order valence-corrected chi connectivity index (χ4v) is 10.1. The number of nitrogens with zero attached hydrogens (tertiary/aromatic N) is 1. The van der Waals surface area contributed by atoms with Crippen LogP contribution in [-0.2, 0) is 85.3 Å². The first-order valence-corrected chi connectivity index (χ1v) is 46.1. The lowest BCUT2D eigenvalue weighted by molar-refractivity contribution is -0.738. The van der Waals surface area contributed by atoms with Crippen LogP contribution in [0.4, 0.5) is 0 Å². The molecule has 1 atom stereocenters. The van der Waals surface area contributed by atoms with Crippen LogP contribution in [0.15, 0.2) is 66.0 Å². The number of aromatic hydroxyl groups is 5. The third-order valence-corrected chi connectivity index (χ3v) is 18.6. The van der Waals surface area contributed by atoms with Crippen LogP contribution in [0, 0.1) is 58.3 Å². The number of aliphatic hydroxyl groups is 2. The van der Waals surface area contributed by atoms with Gasteiger partial charge in [-0.05, 0) is 108 Å². The monoisotopic (exact) mass is 1910 g/mol. The second-order valence-corrected chi connectivity index (χ2v) is 32.7. The van der Waals surface area contributed by atoms with Gasteiger partial charge in [0.1, 0.15) is 56.0 Å². The number of allylic oxidation sites excluding steroid dienone is 2. The van der Waals surface area contributed by atoms with Crippen molar-refractivity contribution >= 4 is 74.8 Å². The van der Waals surface area contributed by atoms with Gasteiger partial charge < -0.3 is 135 Å². The smallest absolute Gasteiger partial charge is 0.303 e. The highest BCUT2D eigenvalue weighted by atomic mass is 16.4. The maximum absolute atomic E-state index is 10.3. The van der Waals surface area contributed by atoms with E-state index in [2.05, 4.69) is 119 Å². The van der Waals surface area contributed by atoms with E-state index in [0.29, 0.717) is 111 Å². The van der Waals surface area contributed by atoms with Gasteiger partial charge in [0.2, 0.25) is 22.8 Å². The van der Waals surface area contributed by atoms with Crippen LogP contribution >= 0.6 is 0 Å². The van der Waals surface area contributed by atoms with Crippen LogP contribution in [0.3, 0.4) is 0 Å². The summed E-state index contributed by atoms with van der Waals surface area (Å²) < 4.78 is 0. The Morgan fingerprint density at radius 1 is 0.533 bits per heavy atom. The zero-order valence-corrected chi connectivity index (χ0v) is 84.8. The van der Waals surface area contributed by atoms with Gasteiger partial charge in [0.15, 0.2) is 84.9 Å². The first-order chi connectivity index (χ1) is 63.0. The van der Waals surface area contributed by atoms with Gasteiger partial charge in [-0.1, -0.05) is 117 Å². The third-order valence-electron chi connectivity index (χ3n) is 18.6. The number of nitrogens with two attached hydrogens (primary N) is 5. The maximum atomic E-state index is 10.3. The molecular formula is C97H172BN16O21+7. The number of aromatic nitrogens is 5. The quantitative estimate of drug-likeness (QED) is 0.00571. The van der Waals surface area contributed by atoms with Crippen molar-refractivity contribution in [3.05, 3.63) is 150 Å².